The van der Waals surface area contributed by atoms with Gasteiger partial charge in [0.05, 0.1) is 19.8 Å². The number of methoxy groups -OCH3 is 1. The highest BCUT2D eigenvalue weighted by molar-refractivity contribution is 5.85. The Morgan fingerprint density at radius 1 is 1.32 bits per heavy atom. The fourth-order valence-corrected chi connectivity index (χ4v) is 2.20. The zero-order valence-corrected chi connectivity index (χ0v) is 13.4. The molecule has 1 saturated heterocycles. The van der Waals surface area contributed by atoms with Crippen molar-refractivity contribution in [2.45, 2.75) is 25.0 Å². The topological polar surface area (TPSA) is 82.8 Å². The molecule has 0 spiro atoms. The van der Waals surface area contributed by atoms with E-state index in [1.807, 2.05) is 24.3 Å². The third-order valence-corrected chi connectivity index (χ3v) is 3.39. The van der Waals surface area contributed by atoms with E-state index in [1.54, 1.807) is 7.11 Å². The zero-order chi connectivity index (χ0) is 15.1. The van der Waals surface area contributed by atoms with Crippen molar-refractivity contribution in [1.82, 2.24) is 5.32 Å². The molecule has 1 aromatic carbocycles. The summed E-state index contributed by atoms with van der Waals surface area (Å²) in [7, 11) is 1.62. The van der Waals surface area contributed by atoms with E-state index in [4.69, 9.17) is 19.9 Å². The molecule has 6 nitrogen and oxygen atoms in total. The second-order valence-corrected chi connectivity index (χ2v) is 4.87. The number of hydrogen-bond acceptors (Lipinski definition) is 5. The van der Waals surface area contributed by atoms with Crippen LogP contribution < -0.4 is 20.5 Å². The van der Waals surface area contributed by atoms with Crippen LogP contribution >= 0.6 is 12.4 Å². The minimum atomic E-state index is -0.375. The van der Waals surface area contributed by atoms with E-state index in [-0.39, 0.29) is 30.5 Å². The van der Waals surface area contributed by atoms with Crippen molar-refractivity contribution >= 4 is 18.3 Å². The molecular formula is C15H23ClN2O4. The lowest BCUT2D eigenvalue weighted by Crippen LogP contribution is -2.37. The quantitative estimate of drug-likeness (QED) is 0.732. The molecule has 1 aliphatic rings. The van der Waals surface area contributed by atoms with E-state index in [1.165, 1.54) is 0 Å². The van der Waals surface area contributed by atoms with Crippen LogP contribution in [0.15, 0.2) is 24.3 Å². The van der Waals surface area contributed by atoms with E-state index >= 15 is 0 Å². The molecule has 7 heteroatoms. The molecule has 2 atom stereocenters. The van der Waals surface area contributed by atoms with Crippen molar-refractivity contribution in [2.24, 2.45) is 5.73 Å². The summed E-state index contributed by atoms with van der Waals surface area (Å²) in [5, 5.41) is 2.81. The maximum absolute atomic E-state index is 11.9. The molecule has 0 radical (unpaired) electrons. The lowest BCUT2D eigenvalue weighted by Gasteiger charge is -2.13. The fourth-order valence-electron chi connectivity index (χ4n) is 2.20. The van der Waals surface area contributed by atoms with Gasteiger partial charge in [0.25, 0.3) is 0 Å². The van der Waals surface area contributed by atoms with Crippen LogP contribution in [0.1, 0.15) is 12.8 Å². The Hall–Kier alpha value is -1.50. The van der Waals surface area contributed by atoms with Gasteiger partial charge >= 0.3 is 0 Å². The first-order chi connectivity index (χ1) is 10.2. The Labute approximate surface area is 136 Å². The zero-order valence-electron chi connectivity index (χ0n) is 12.6. The number of benzene rings is 1. The van der Waals surface area contributed by atoms with Crippen molar-refractivity contribution in [3.05, 3.63) is 24.3 Å². The minimum absolute atomic E-state index is 0. The van der Waals surface area contributed by atoms with Gasteiger partial charge in [-0.1, -0.05) is 0 Å². The van der Waals surface area contributed by atoms with Crippen LogP contribution in [0.25, 0.3) is 0 Å². The number of halogens is 1. The van der Waals surface area contributed by atoms with E-state index < -0.39 is 0 Å². The summed E-state index contributed by atoms with van der Waals surface area (Å²) in [5.74, 6) is 1.43. The van der Waals surface area contributed by atoms with E-state index in [0.717, 1.165) is 24.3 Å². The number of nitrogens with two attached hydrogens (primary N) is 1. The molecule has 124 valence electrons. The fraction of sp³-hybridized carbons (Fsp3) is 0.533. The van der Waals surface area contributed by atoms with Gasteiger partial charge in [0.1, 0.15) is 24.2 Å². The predicted octanol–water partition coefficient (Wildman–Crippen LogP) is 1.12. The lowest BCUT2D eigenvalue weighted by molar-refractivity contribution is -0.131. The Bertz CT molecular complexity index is 455. The molecule has 0 aromatic heterocycles. The third-order valence-electron chi connectivity index (χ3n) is 3.39. The van der Waals surface area contributed by atoms with Crippen LogP contribution in [0.4, 0.5) is 0 Å². The van der Waals surface area contributed by atoms with Crippen LogP contribution in [0.5, 0.6) is 11.5 Å². The number of carbonyl (C=O) groups excluding carboxylic acids is 1. The van der Waals surface area contributed by atoms with Crippen LogP contribution in [-0.4, -0.2) is 44.9 Å². The van der Waals surface area contributed by atoms with Crippen molar-refractivity contribution in [2.75, 3.05) is 26.8 Å². The summed E-state index contributed by atoms with van der Waals surface area (Å²) < 4.78 is 16.1. The summed E-state index contributed by atoms with van der Waals surface area (Å²) in [5.41, 5.74) is 5.52. The Kier molecular flexibility index (Phi) is 8.01. The van der Waals surface area contributed by atoms with Gasteiger partial charge in [-0.15, -0.1) is 12.4 Å². The highest BCUT2D eigenvalue weighted by Crippen LogP contribution is 2.19. The highest BCUT2D eigenvalue weighted by Gasteiger charge is 2.29. The number of carbonyl (C=O) groups is 1. The van der Waals surface area contributed by atoms with Gasteiger partial charge in [-0.2, -0.15) is 0 Å². The van der Waals surface area contributed by atoms with Gasteiger partial charge in [-0.3, -0.25) is 4.79 Å². The third kappa shape index (κ3) is 5.36. The summed E-state index contributed by atoms with van der Waals surface area (Å²) in [6.45, 7) is 1.31. The highest BCUT2D eigenvalue weighted by atomic mass is 35.5. The molecular weight excluding hydrogens is 308 g/mol. The summed E-state index contributed by atoms with van der Waals surface area (Å²) >= 11 is 0. The Morgan fingerprint density at radius 3 is 2.59 bits per heavy atom. The van der Waals surface area contributed by atoms with Gasteiger partial charge in [-0.05, 0) is 37.1 Å². The SMILES string of the molecule is COc1ccc(OCCNC(=O)[C@@H]2CC[C@H](CN)O2)cc1.Cl. The molecule has 0 bridgehead atoms. The smallest absolute Gasteiger partial charge is 0.249 e. The van der Waals surface area contributed by atoms with E-state index in [2.05, 4.69) is 5.32 Å². The van der Waals surface area contributed by atoms with Crippen molar-refractivity contribution in [3.63, 3.8) is 0 Å². The second kappa shape index (κ2) is 9.50. The molecule has 22 heavy (non-hydrogen) atoms. The first-order valence-electron chi connectivity index (χ1n) is 7.13. The first-order valence-corrected chi connectivity index (χ1v) is 7.13. The average Bonchev–Trinajstić information content (AvgIpc) is 3.01. The normalized spacial score (nSPS) is 20.1. The van der Waals surface area contributed by atoms with Crippen molar-refractivity contribution < 1.29 is 19.0 Å². The predicted molar refractivity (Wildman–Crippen MR) is 85.7 cm³/mol. The van der Waals surface area contributed by atoms with Gasteiger partial charge in [0.15, 0.2) is 0 Å². The molecule has 0 unspecified atom stereocenters. The molecule has 0 saturated carbocycles. The van der Waals surface area contributed by atoms with Crippen LogP contribution in [0.2, 0.25) is 0 Å². The van der Waals surface area contributed by atoms with Crippen molar-refractivity contribution in [3.8, 4) is 11.5 Å². The maximum atomic E-state index is 11.9. The second-order valence-electron chi connectivity index (χ2n) is 4.87. The molecule has 1 aromatic rings. The molecule has 1 heterocycles. The van der Waals surface area contributed by atoms with E-state index in [9.17, 15) is 4.79 Å². The molecule has 2 rings (SSSR count). The molecule has 1 fully saturated rings. The standard InChI is InChI=1S/C15H22N2O4.ClH/c1-19-11-2-4-12(5-3-11)20-9-8-17-15(18)14-7-6-13(10-16)21-14;/h2-5,13-14H,6-10,16H2,1H3,(H,17,18);1H/t13-,14+;/m1./s1. The maximum Gasteiger partial charge on any atom is 0.249 e. The average molecular weight is 331 g/mol. The summed E-state index contributed by atoms with van der Waals surface area (Å²) in [6.07, 6.45) is 1.21. The molecule has 3 N–H and O–H groups in total. The largest absolute Gasteiger partial charge is 0.497 e. The number of hydrogen-bond donors (Lipinski definition) is 2. The van der Waals surface area contributed by atoms with Gasteiger partial charge in [0.2, 0.25) is 5.91 Å². The van der Waals surface area contributed by atoms with Gasteiger partial charge in [0, 0.05) is 6.54 Å². The van der Waals surface area contributed by atoms with Gasteiger partial charge in [-0.25, -0.2) is 0 Å². The first kappa shape index (κ1) is 18.5. The number of rotatable bonds is 7. The minimum Gasteiger partial charge on any atom is -0.497 e. The molecule has 1 amide bonds. The van der Waals surface area contributed by atoms with Gasteiger partial charge < -0.3 is 25.3 Å². The Morgan fingerprint density at radius 2 is 2.00 bits per heavy atom. The number of amides is 1. The monoisotopic (exact) mass is 330 g/mol. The van der Waals surface area contributed by atoms with Crippen LogP contribution in [-0.2, 0) is 9.53 Å². The van der Waals surface area contributed by atoms with Crippen LogP contribution in [0, 0.1) is 0 Å². The van der Waals surface area contributed by atoms with Crippen LogP contribution in [0.3, 0.4) is 0 Å². The summed E-state index contributed by atoms with van der Waals surface area (Å²) in [6, 6.07) is 7.31. The van der Waals surface area contributed by atoms with E-state index in [0.29, 0.717) is 19.7 Å². The number of ether oxygens (including phenoxy) is 3. The summed E-state index contributed by atoms with van der Waals surface area (Å²) in [4.78, 5) is 11.9. The Balaban J connectivity index is 0.00000242. The van der Waals surface area contributed by atoms with Crippen molar-refractivity contribution in [1.29, 1.82) is 0 Å². The lowest BCUT2D eigenvalue weighted by atomic mass is 10.2. The number of nitrogens with one attached hydrogen (secondary N) is 1. The molecule has 1 aliphatic heterocycles. The molecule has 0 aliphatic carbocycles.